The Kier molecular flexibility index (Phi) is 4.81. The molecule has 3 heteroatoms. The van der Waals surface area contributed by atoms with Gasteiger partial charge in [0, 0.05) is 18.8 Å². The Bertz CT molecular complexity index is 405. The maximum Gasteiger partial charge on any atom is 0.213 e. The first-order chi connectivity index (χ1) is 9.10. The Morgan fingerprint density at radius 1 is 1.42 bits per heavy atom. The smallest absolute Gasteiger partial charge is 0.213 e. The summed E-state index contributed by atoms with van der Waals surface area (Å²) in [6.45, 7) is 7.44. The Hall–Kier alpha value is -1.09. The first-order valence-electron chi connectivity index (χ1n) is 7.41. The highest BCUT2D eigenvalue weighted by Gasteiger charge is 2.32. The van der Waals surface area contributed by atoms with E-state index < -0.39 is 0 Å². The van der Waals surface area contributed by atoms with Crippen molar-refractivity contribution in [1.29, 1.82) is 0 Å². The van der Waals surface area contributed by atoms with Crippen LogP contribution >= 0.6 is 0 Å². The van der Waals surface area contributed by atoms with Gasteiger partial charge in [-0.3, -0.25) is 0 Å². The molecule has 0 aliphatic heterocycles. The lowest BCUT2D eigenvalue weighted by Gasteiger charge is -2.37. The summed E-state index contributed by atoms with van der Waals surface area (Å²) in [7, 11) is 0. The Morgan fingerprint density at radius 2 is 2.21 bits per heavy atom. The SMILES string of the molecule is CC1CCC(C(C)C)C(Oc2cc(CN)ccn2)C1. The van der Waals surface area contributed by atoms with E-state index in [0.29, 0.717) is 24.5 Å². The van der Waals surface area contributed by atoms with Gasteiger partial charge in [0.2, 0.25) is 5.88 Å². The molecule has 0 saturated heterocycles. The summed E-state index contributed by atoms with van der Waals surface area (Å²) in [6, 6.07) is 3.91. The number of nitrogens with zero attached hydrogens (tertiary/aromatic N) is 1. The lowest BCUT2D eigenvalue weighted by molar-refractivity contribution is 0.0426. The van der Waals surface area contributed by atoms with Crippen LogP contribution in [0.4, 0.5) is 0 Å². The molecule has 1 fully saturated rings. The van der Waals surface area contributed by atoms with Gasteiger partial charge in [-0.15, -0.1) is 0 Å². The van der Waals surface area contributed by atoms with Crippen molar-refractivity contribution in [2.75, 3.05) is 0 Å². The molecule has 0 aromatic carbocycles. The number of nitrogens with two attached hydrogens (primary N) is 1. The predicted molar refractivity (Wildman–Crippen MR) is 77.9 cm³/mol. The van der Waals surface area contributed by atoms with Crippen LogP contribution in [0.1, 0.15) is 45.6 Å². The molecule has 1 aromatic rings. The minimum Gasteiger partial charge on any atom is -0.474 e. The first-order valence-corrected chi connectivity index (χ1v) is 7.41. The minimum absolute atomic E-state index is 0.296. The molecule has 1 aliphatic carbocycles. The van der Waals surface area contributed by atoms with Crippen LogP contribution in [0.15, 0.2) is 18.3 Å². The maximum atomic E-state index is 6.18. The molecule has 0 spiro atoms. The van der Waals surface area contributed by atoms with Gasteiger partial charge in [0.15, 0.2) is 0 Å². The van der Waals surface area contributed by atoms with Gasteiger partial charge in [-0.05, 0) is 42.2 Å². The normalized spacial score (nSPS) is 27.5. The van der Waals surface area contributed by atoms with E-state index in [1.54, 1.807) is 6.20 Å². The van der Waals surface area contributed by atoms with Crippen LogP contribution in [-0.2, 0) is 6.54 Å². The molecule has 2 rings (SSSR count). The summed E-state index contributed by atoms with van der Waals surface area (Å²) < 4.78 is 6.18. The fourth-order valence-corrected chi connectivity index (χ4v) is 3.05. The van der Waals surface area contributed by atoms with Crippen LogP contribution in [0.3, 0.4) is 0 Å². The van der Waals surface area contributed by atoms with E-state index in [1.807, 2.05) is 12.1 Å². The summed E-state index contributed by atoms with van der Waals surface area (Å²) in [5, 5.41) is 0. The van der Waals surface area contributed by atoms with E-state index in [0.717, 1.165) is 23.8 Å². The lowest BCUT2D eigenvalue weighted by Crippen LogP contribution is -2.36. The first kappa shape index (κ1) is 14.3. The van der Waals surface area contributed by atoms with Crippen LogP contribution in [0, 0.1) is 17.8 Å². The molecular weight excluding hydrogens is 236 g/mol. The number of rotatable bonds is 4. The van der Waals surface area contributed by atoms with Crippen LogP contribution in [0.25, 0.3) is 0 Å². The van der Waals surface area contributed by atoms with E-state index in [1.165, 1.54) is 12.8 Å². The maximum absolute atomic E-state index is 6.18. The van der Waals surface area contributed by atoms with Crippen LogP contribution in [0.5, 0.6) is 5.88 Å². The molecule has 3 atom stereocenters. The Labute approximate surface area is 116 Å². The van der Waals surface area contributed by atoms with Gasteiger partial charge in [-0.2, -0.15) is 0 Å². The zero-order valence-corrected chi connectivity index (χ0v) is 12.3. The largest absolute Gasteiger partial charge is 0.474 e. The average molecular weight is 262 g/mol. The van der Waals surface area contributed by atoms with Crippen LogP contribution in [0.2, 0.25) is 0 Å². The molecule has 0 bridgehead atoms. The third kappa shape index (κ3) is 3.69. The van der Waals surface area contributed by atoms with Crippen LogP contribution < -0.4 is 10.5 Å². The third-order valence-corrected chi connectivity index (χ3v) is 4.27. The monoisotopic (exact) mass is 262 g/mol. The van der Waals surface area contributed by atoms with Crippen molar-refractivity contribution in [1.82, 2.24) is 4.98 Å². The molecular formula is C16H26N2O. The van der Waals surface area contributed by atoms with Gasteiger partial charge in [-0.1, -0.05) is 27.2 Å². The molecule has 1 heterocycles. The fraction of sp³-hybridized carbons (Fsp3) is 0.688. The van der Waals surface area contributed by atoms with Crippen molar-refractivity contribution in [2.24, 2.45) is 23.5 Å². The molecule has 1 aliphatic rings. The van der Waals surface area contributed by atoms with Crippen molar-refractivity contribution >= 4 is 0 Å². The molecule has 0 radical (unpaired) electrons. The molecule has 1 aromatic heterocycles. The zero-order chi connectivity index (χ0) is 13.8. The highest BCUT2D eigenvalue weighted by Crippen LogP contribution is 2.35. The van der Waals surface area contributed by atoms with E-state index in [-0.39, 0.29) is 0 Å². The Morgan fingerprint density at radius 3 is 2.89 bits per heavy atom. The molecule has 19 heavy (non-hydrogen) atoms. The van der Waals surface area contributed by atoms with Crippen molar-refractivity contribution in [2.45, 2.75) is 52.7 Å². The quantitative estimate of drug-likeness (QED) is 0.905. The summed E-state index contributed by atoms with van der Waals surface area (Å²) in [4.78, 5) is 4.32. The number of ether oxygens (including phenoxy) is 1. The van der Waals surface area contributed by atoms with E-state index in [4.69, 9.17) is 10.5 Å². The van der Waals surface area contributed by atoms with Crippen molar-refractivity contribution in [3.63, 3.8) is 0 Å². The van der Waals surface area contributed by atoms with Crippen LogP contribution in [-0.4, -0.2) is 11.1 Å². The second kappa shape index (κ2) is 6.38. The standard InChI is InChI=1S/C16H26N2O/c1-11(2)14-5-4-12(3)8-15(14)19-16-9-13(10-17)6-7-18-16/h6-7,9,11-12,14-15H,4-5,8,10,17H2,1-3H3. The van der Waals surface area contributed by atoms with Gasteiger partial charge in [0.25, 0.3) is 0 Å². The zero-order valence-electron chi connectivity index (χ0n) is 12.3. The van der Waals surface area contributed by atoms with Crippen molar-refractivity contribution in [3.8, 4) is 5.88 Å². The molecule has 3 nitrogen and oxygen atoms in total. The second-order valence-corrected chi connectivity index (χ2v) is 6.19. The van der Waals surface area contributed by atoms with Crippen molar-refractivity contribution < 1.29 is 4.74 Å². The number of aromatic nitrogens is 1. The summed E-state index contributed by atoms with van der Waals surface area (Å²) in [6.07, 6.45) is 5.80. The van der Waals surface area contributed by atoms with Crippen molar-refractivity contribution in [3.05, 3.63) is 23.9 Å². The molecule has 0 amide bonds. The van der Waals surface area contributed by atoms with Gasteiger partial charge in [0.05, 0.1) is 0 Å². The predicted octanol–water partition coefficient (Wildman–Crippen LogP) is 3.38. The molecule has 1 saturated carbocycles. The lowest BCUT2D eigenvalue weighted by atomic mass is 9.75. The van der Waals surface area contributed by atoms with Gasteiger partial charge >= 0.3 is 0 Å². The Balaban J connectivity index is 2.09. The van der Waals surface area contributed by atoms with E-state index in [9.17, 15) is 0 Å². The third-order valence-electron chi connectivity index (χ3n) is 4.27. The topological polar surface area (TPSA) is 48.1 Å². The number of pyridine rings is 1. The average Bonchev–Trinajstić information content (AvgIpc) is 2.38. The van der Waals surface area contributed by atoms with Gasteiger partial charge in [-0.25, -0.2) is 4.98 Å². The second-order valence-electron chi connectivity index (χ2n) is 6.19. The van der Waals surface area contributed by atoms with Gasteiger partial charge < -0.3 is 10.5 Å². The minimum atomic E-state index is 0.296. The molecule has 3 unspecified atom stereocenters. The summed E-state index contributed by atoms with van der Waals surface area (Å²) in [5.74, 6) is 2.78. The van der Waals surface area contributed by atoms with E-state index in [2.05, 4.69) is 25.8 Å². The fourth-order valence-electron chi connectivity index (χ4n) is 3.05. The summed E-state index contributed by atoms with van der Waals surface area (Å²) >= 11 is 0. The van der Waals surface area contributed by atoms with E-state index >= 15 is 0 Å². The number of hydrogen-bond donors (Lipinski definition) is 1. The molecule has 2 N–H and O–H groups in total. The molecule has 106 valence electrons. The van der Waals surface area contributed by atoms with Gasteiger partial charge in [0.1, 0.15) is 6.10 Å². The number of hydrogen-bond acceptors (Lipinski definition) is 3. The highest BCUT2D eigenvalue weighted by atomic mass is 16.5. The highest BCUT2D eigenvalue weighted by molar-refractivity contribution is 5.20. The summed E-state index contributed by atoms with van der Waals surface area (Å²) in [5.41, 5.74) is 6.74.